The summed E-state index contributed by atoms with van der Waals surface area (Å²) >= 11 is 0. The molecule has 1 aromatic carbocycles. The fourth-order valence-corrected chi connectivity index (χ4v) is 2.23. The van der Waals surface area contributed by atoms with Crippen LogP contribution in [0.25, 0.3) is 11.3 Å². The van der Waals surface area contributed by atoms with E-state index in [9.17, 15) is 5.11 Å². The third-order valence-electron chi connectivity index (χ3n) is 3.46. The minimum absolute atomic E-state index is 0.245. The number of nitrogens with zero attached hydrogens (tertiary/aromatic N) is 2. The Hall–Kier alpha value is -1.77. The Morgan fingerprint density at radius 3 is 2.05 bits per heavy atom. The predicted molar refractivity (Wildman–Crippen MR) is 78.5 cm³/mol. The molecule has 0 aliphatic heterocycles. The van der Waals surface area contributed by atoms with Crippen molar-refractivity contribution in [3.8, 4) is 17.0 Å². The molecule has 2 rings (SSSR count). The second-order valence-corrected chi connectivity index (χ2v) is 5.60. The first-order chi connectivity index (χ1) is 8.91. The van der Waals surface area contributed by atoms with Gasteiger partial charge in [-0.25, -0.2) is 0 Å². The molecule has 0 unspecified atom stereocenters. The fraction of sp³-hybridized carbons (Fsp3) is 0.438. The largest absolute Gasteiger partial charge is 0.504 e. The summed E-state index contributed by atoms with van der Waals surface area (Å²) in [6, 6.07) is 8.50. The van der Waals surface area contributed by atoms with Gasteiger partial charge in [0, 0.05) is 11.6 Å². The monoisotopic (exact) mass is 258 g/mol. The van der Waals surface area contributed by atoms with Gasteiger partial charge < -0.3 is 5.11 Å². The zero-order chi connectivity index (χ0) is 14.2. The summed E-state index contributed by atoms with van der Waals surface area (Å²) in [6.45, 7) is 10.4. The van der Waals surface area contributed by atoms with Gasteiger partial charge in [0.25, 0.3) is 0 Å². The zero-order valence-electron chi connectivity index (χ0n) is 12.3. The molecule has 0 atom stereocenters. The van der Waals surface area contributed by atoms with E-state index in [1.807, 2.05) is 23.7 Å². The lowest BCUT2D eigenvalue weighted by Gasteiger charge is -2.07. The Balaban J connectivity index is 2.44. The molecule has 0 aliphatic carbocycles. The number of aromatic hydroxyl groups is 1. The van der Waals surface area contributed by atoms with Crippen LogP contribution in [0.2, 0.25) is 0 Å². The molecule has 0 aliphatic rings. The maximum absolute atomic E-state index is 10.2. The van der Waals surface area contributed by atoms with Gasteiger partial charge in [0.2, 0.25) is 0 Å². The Labute approximate surface area is 114 Å². The van der Waals surface area contributed by atoms with Crippen molar-refractivity contribution in [3.63, 3.8) is 0 Å². The molecular formula is C16H22N2O. The van der Waals surface area contributed by atoms with Crippen molar-refractivity contribution < 1.29 is 5.11 Å². The van der Waals surface area contributed by atoms with Crippen LogP contribution in [0, 0.1) is 6.92 Å². The summed E-state index contributed by atoms with van der Waals surface area (Å²) in [6.07, 6.45) is 0. The molecule has 1 heterocycles. The van der Waals surface area contributed by atoms with E-state index in [1.54, 1.807) is 0 Å². The van der Waals surface area contributed by atoms with Gasteiger partial charge in [-0.3, -0.25) is 4.68 Å². The third kappa shape index (κ3) is 2.50. The van der Waals surface area contributed by atoms with Crippen molar-refractivity contribution >= 4 is 0 Å². The fourth-order valence-electron chi connectivity index (χ4n) is 2.23. The van der Waals surface area contributed by atoms with E-state index in [0.717, 1.165) is 11.3 Å². The van der Waals surface area contributed by atoms with Crippen molar-refractivity contribution in [2.24, 2.45) is 0 Å². The highest BCUT2D eigenvalue weighted by molar-refractivity contribution is 5.67. The maximum Gasteiger partial charge on any atom is 0.164 e. The van der Waals surface area contributed by atoms with Crippen molar-refractivity contribution in [3.05, 3.63) is 35.5 Å². The third-order valence-corrected chi connectivity index (χ3v) is 3.46. The zero-order valence-corrected chi connectivity index (χ0v) is 12.3. The molecule has 1 aromatic heterocycles. The Bertz CT molecular complexity index is 565. The first-order valence-corrected chi connectivity index (χ1v) is 6.80. The second kappa shape index (κ2) is 5.08. The molecule has 0 bridgehead atoms. The molecule has 3 nitrogen and oxygen atoms in total. The molecule has 0 saturated heterocycles. The average Bonchev–Trinajstić information content (AvgIpc) is 2.67. The van der Waals surface area contributed by atoms with Crippen LogP contribution < -0.4 is 0 Å². The quantitative estimate of drug-likeness (QED) is 0.892. The van der Waals surface area contributed by atoms with Crippen LogP contribution in [-0.2, 0) is 0 Å². The van der Waals surface area contributed by atoms with Gasteiger partial charge >= 0.3 is 0 Å². The van der Waals surface area contributed by atoms with Crippen molar-refractivity contribution in [1.29, 1.82) is 0 Å². The second-order valence-electron chi connectivity index (χ2n) is 5.60. The van der Waals surface area contributed by atoms with E-state index < -0.39 is 0 Å². The van der Waals surface area contributed by atoms with Gasteiger partial charge in [-0.1, -0.05) is 38.1 Å². The Morgan fingerprint density at radius 1 is 1.05 bits per heavy atom. The maximum atomic E-state index is 10.2. The number of rotatable bonds is 3. The molecule has 2 aromatic rings. The summed E-state index contributed by atoms with van der Waals surface area (Å²) < 4.78 is 1.86. The molecule has 3 heteroatoms. The van der Waals surface area contributed by atoms with Crippen LogP contribution in [0.15, 0.2) is 24.3 Å². The van der Waals surface area contributed by atoms with Gasteiger partial charge in [-0.15, -0.1) is 0 Å². The summed E-state index contributed by atoms with van der Waals surface area (Å²) in [4.78, 5) is 0. The van der Waals surface area contributed by atoms with E-state index in [2.05, 4.69) is 44.9 Å². The average molecular weight is 258 g/mol. The van der Waals surface area contributed by atoms with Crippen LogP contribution >= 0.6 is 0 Å². The summed E-state index contributed by atoms with van der Waals surface area (Å²) in [7, 11) is 0. The molecule has 19 heavy (non-hydrogen) atoms. The summed E-state index contributed by atoms with van der Waals surface area (Å²) in [5.41, 5.74) is 3.74. The van der Waals surface area contributed by atoms with Crippen LogP contribution in [0.1, 0.15) is 50.9 Å². The number of hydrogen-bond donors (Lipinski definition) is 1. The minimum Gasteiger partial charge on any atom is -0.504 e. The molecule has 102 valence electrons. The molecule has 0 fully saturated rings. The SMILES string of the molecule is Cc1c(O)c(-c2ccc(C(C)C)cc2)nn1C(C)C. The van der Waals surface area contributed by atoms with Crippen LogP contribution in [0.4, 0.5) is 0 Å². The Morgan fingerprint density at radius 2 is 1.63 bits per heavy atom. The first-order valence-electron chi connectivity index (χ1n) is 6.80. The van der Waals surface area contributed by atoms with E-state index in [0.29, 0.717) is 11.6 Å². The summed E-state index contributed by atoms with van der Waals surface area (Å²) in [5, 5.41) is 14.7. The molecule has 1 N–H and O–H groups in total. The van der Waals surface area contributed by atoms with Gasteiger partial charge in [0.15, 0.2) is 5.75 Å². The van der Waals surface area contributed by atoms with Crippen LogP contribution in [-0.4, -0.2) is 14.9 Å². The lowest BCUT2D eigenvalue weighted by molar-refractivity contribution is 0.461. The molecule has 0 saturated carbocycles. The Kier molecular flexibility index (Phi) is 3.65. The molecule has 0 amide bonds. The topological polar surface area (TPSA) is 38.1 Å². The lowest BCUT2D eigenvalue weighted by Crippen LogP contribution is -2.04. The van der Waals surface area contributed by atoms with E-state index in [1.165, 1.54) is 5.56 Å². The highest BCUT2D eigenvalue weighted by Crippen LogP contribution is 2.33. The number of aromatic nitrogens is 2. The predicted octanol–water partition coefficient (Wildman–Crippen LogP) is 4.27. The van der Waals surface area contributed by atoms with Gasteiger partial charge in [-0.05, 0) is 32.3 Å². The molecule has 0 spiro atoms. The van der Waals surface area contributed by atoms with Crippen molar-refractivity contribution in [2.75, 3.05) is 0 Å². The normalized spacial score (nSPS) is 11.5. The highest BCUT2D eigenvalue weighted by atomic mass is 16.3. The standard InChI is InChI=1S/C16H22N2O/c1-10(2)13-6-8-14(9-7-13)15-16(19)12(5)18(17-15)11(3)4/h6-11,19H,1-5H3. The molecule has 0 radical (unpaired) electrons. The van der Waals surface area contributed by atoms with Crippen molar-refractivity contribution in [2.45, 2.75) is 46.6 Å². The van der Waals surface area contributed by atoms with Crippen LogP contribution in [0.3, 0.4) is 0 Å². The summed E-state index contributed by atoms with van der Waals surface area (Å²) in [5.74, 6) is 0.795. The van der Waals surface area contributed by atoms with Gasteiger partial charge in [0.1, 0.15) is 5.69 Å². The van der Waals surface area contributed by atoms with E-state index >= 15 is 0 Å². The van der Waals surface area contributed by atoms with Gasteiger partial charge in [-0.2, -0.15) is 5.10 Å². The highest BCUT2D eigenvalue weighted by Gasteiger charge is 2.16. The lowest BCUT2D eigenvalue weighted by atomic mass is 10.0. The first kappa shape index (κ1) is 13.7. The number of benzene rings is 1. The van der Waals surface area contributed by atoms with Crippen molar-refractivity contribution in [1.82, 2.24) is 9.78 Å². The minimum atomic E-state index is 0.245. The van der Waals surface area contributed by atoms with Crippen LogP contribution in [0.5, 0.6) is 5.75 Å². The molecular weight excluding hydrogens is 236 g/mol. The smallest absolute Gasteiger partial charge is 0.164 e. The van der Waals surface area contributed by atoms with E-state index in [4.69, 9.17) is 0 Å². The number of hydrogen-bond acceptors (Lipinski definition) is 2. The van der Waals surface area contributed by atoms with E-state index in [-0.39, 0.29) is 11.8 Å². The van der Waals surface area contributed by atoms with Gasteiger partial charge in [0.05, 0.1) is 5.69 Å².